The van der Waals surface area contributed by atoms with E-state index in [0.29, 0.717) is 18.1 Å². The van der Waals surface area contributed by atoms with Crippen LogP contribution in [0.4, 0.5) is 0 Å². The molecule has 0 aliphatic carbocycles. The molecule has 0 aromatic rings. The van der Waals surface area contributed by atoms with Crippen LogP contribution >= 0.6 is 0 Å². The Balaban J connectivity index is -0.0000000172. The molecule has 3 unspecified atom stereocenters. The summed E-state index contributed by atoms with van der Waals surface area (Å²) in [5.74, 6) is 4.17. The molecule has 0 aromatic carbocycles. The van der Waals surface area contributed by atoms with Crippen LogP contribution in [-0.4, -0.2) is 78.3 Å². The summed E-state index contributed by atoms with van der Waals surface area (Å²) >= 11 is 0. The second-order valence-electron chi connectivity index (χ2n) is 8.13. The molecule has 0 amide bonds. The van der Waals surface area contributed by atoms with Gasteiger partial charge in [0.1, 0.15) is 0 Å². The largest absolute Gasteiger partial charge is 1.00 e. The average molecular weight is 894 g/mol. The zero-order valence-corrected chi connectivity index (χ0v) is 43.6. The molecule has 3 heterocycles. The van der Waals surface area contributed by atoms with Gasteiger partial charge < -0.3 is 15.2 Å². The van der Waals surface area contributed by atoms with Crippen LogP contribution in [0.25, 0.3) is 0 Å². The molecule has 3 atom stereocenters. The topological polar surface area (TPSA) is 42.1 Å². The van der Waals surface area contributed by atoms with E-state index in [1.54, 1.807) is 0 Å². The summed E-state index contributed by atoms with van der Waals surface area (Å²) in [4.78, 5) is 0. The van der Waals surface area contributed by atoms with Gasteiger partial charge in [0.25, 0.3) is 0 Å². The number of allylic oxidation sites excluding steroid dienone is 1. The molecule has 3 aliphatic rings. The van der Waals surface area contributed by atoms with Crippen LogP contribution in [0.2, 0.25) is 0 Å². The van der Waals surface area contributed by atoms with Crippen molar-refractivity contribution >= 4 is 36.8 Å². The molecule has 0 aromatic heterocycles. The summed E-state index contributed by atoms with van der Waals surface area (Å²) in [6.45, 7) is 45.5. The zero-order chi connectivity index (χ0) is 33.0. The molecule has 0 fully saturated rings. The van der Waals surface area contributed by atoms with Crippen molar-refractivity contribution in [1.29, 1.82) is 0 Å². The van der Waals surface area contributed by atoms with Crippen LogP contribution in [-0.2, 0) is 98.1 Å². The molecule has 0 spiro atoms. The van der Waals surface area contributed by atoms with Gasteiger partial charge in [-0.15, -0.1) is 12.6 Å². The molecule has 274 valence electrons. The van der Waals surface area contributed by atoms with Crippen LogP contribution in [0.15, 0.2) is 11.3 Å². The van der Waals surface area contributed by atoms with Gasteiger partial charge >= 0.3 is 4.28 Å². The van der Waals surface area contributed by atoms with Crippen LogP contribution in [0.1, 0.15) is 171 Å². The Morgan fingerprint density at radius 2 is 0.872 bits per heavy atom. The summed E-state index contributed by atoms with van der Waals surface area (Å²) in [6.07, 6.45) is 0. The quantitative estimate of drug-likeness (QED) is 0.129. The third-order valence-corrected chi connectivity index (χ3v) is 6.43. The predicted octanol–water partition coefficient (Wildman–Crippen LogP) is 9.66. The fraction of sp³-hybridized carbons (Fsp3) is 0.806. The van der Waals surface area contributed by atoms with Gasteiger partial charge in [0.05, 0.1) is 17.6 Å². The van der Waals surface area contributed by atoms with Gasteiger partial charge in [0, 0.05) is 130 Å². The summed E-state index contributed by atoms with van der Waals surface area (Å²) in [5, 5.41) is 6.68. The van der Waals surface area contributed by atoms with Gasteiger partial charge in [-0.1, -0.05) is 133 Å². The molecule has 12 radical (unpaired) electrons. The van der Waals surface area contributed by atoms with E-state index in [4.69, 9.17) is 0 Å². The second kappa shape index (κ2) is 62.7. The molecular weight excluding hydrogens is 802 g/mol. The summed E-state index contributed by atoms with van der Waals surface area (Å²) in [7, 11) is 4.13. The number of nitrogens with zero attached hydrogens (tertiary/aromatic N) is 2. The minimum absolute atomic E-state index is 0. The van der Waals surface area contributed by atoms with Crippen molar-refractivity contribution < 1.29 is 112 Å². The summed E-state index contributed by atoms with van der Waals surface area (Å²) < 4.78 is 4.25. The maximum Gasteiger partial charge on any atom is 1.00 e. The third-order valence-electron chi connectivity index (χ3n) is 6.43. The molecule has 0 saturated heterocycles. The van der Waals surface area contributed by atoms with Crippen molar-refractivity contribution in [2.24, 2.45) is 0 Å². The standard InChI is InChI=1S/C8H14N.2C7H14N2.6C2H6.2CH4.3B.3Y/c1-5-6(2)8(4)9-7(5)3;1-5-6(2)9(4)7(3)8-5;1-5-6(2)8-9(4)7(5)3;6*1-2;;;;;;;;/h7,9H,1-4H3;5,8H,1-4H3;6,8H,1-4H3;6*1-2H3;2*1H4;;;;;;/q-1;;;;;;;;;;;;;;;;/p+3/i/hD3. The van der Waals surface area contributed by atoms with Crippen molar-refractivity contribution in [2.45, 2.75) is 185 Å². The van der Waals surface area contributed by atoms with Crippen LogP contribution in [0.5, 0.6) is 0 Å². The minimum atomic E-state index is 0. The van der Waals surface area contributed by atoms with Gasteiger partial charge in [0.2, 0.25) is 0 Å². The van der Waals surface area contributed by atoms with Crippen LogP contribution in [0, 0.1) is 17.9 Å². The Labute approximate surface area is 388 Å². The molecule has 47 heavy (non-hydrogen) atoms. The Morgan fingerprint density at radius 1 is 0.553 bits per heavy atom. The van der Waals surface area contributed by atoms with Crippen LogP contribution < -0.4 is 16.1 Å². The number of rotatable bonds is 0. The predicted molar refractivity (Wildman–Crippen MR) is 219 cm³/mol. The molecule has 3 rings (SSSR count). The smallest absolute Gasteiger partial charge is 0.473 e. The van der Waals surface area contributed by atoms with Crippen LogP contribution in [0.3, 0.4) is 0 Å². The monoisotopic (exact) mass is 894 g/mol. The molecule has 11 heteroatoms. The van der Waals surface area contributed by atoms with Gasteiger partial charge in [-0.25, -0.2) is 5.43 Å². The van der Waals surface area contributed by atoms with Crippen molar-refractivity contribution in [1.82, 2.24) is 16.1 Å². The first-order chi connectivity index (χ1) is 18.4. The van der Waals surface area contributed by atoms with E-state index < -0.39 is 0 Å². The first-order valence-corrected chi connectivity index (χ1v) is 16.0. The first-order valence-electron chi connectivity index (χ1n) is 16.0. The number of hydrazine groups is 1. The fourth-order valence-electron chi connectivity index (χ4n) is 3.29. The number of likely N-dealkylation sites (N-methyl/N-ethyl adjacent to an activating group) is 1. The molecule has 3 N–H and O–H groups in total. The number of hydrogen-bond donors (Lipinski definition) is 3. The van der Waals surface area contributed by atoms with E-state index >= 15 is 0 Å². The number of nitrogens with one attached hydrogen (secondary N) is 3. The summed E-state index contributed by atoms with van der Waals surface area (Å²) in [5.41, 5.74) is 7.39. The average Bonchev–Trinajstić information content (AvgIpc) is 3.46. The Bertz CT molecular complexity index is 582. The van der Waals surface area contributed by atoms with Gasteiger partial charge in [-0.3, -0.25) is 5.92 Å². The van der Waals surface area contributed by atoms with E-state index in [0.717, 1.165) is 0 Å². The maximum absolute atomic E-state index is 3.36. The van der Waals surface area contributed by atoms with Crippen molar-refractivity contribution in [3.05, 3.63) is 29.1 Å². The minimum Gasteiger partial charge on any atom is -0.473 e. The van der Waals surface area contributed by atoms with Crippen molar-refractivity contribution in [2.75, 3.05) is 14.1 Å². The zero-order valence-electron chi connectivity index (χ0n) is 38.1. The van der Waals surface area contributed by atoms with Crippen molar-refractivity contribution in [3.8, 4) is 0 Å². The Kier molecular flexibility index (Phi) is 123. The fourth-order valence-corrected chi connectivity index (χ4v) is 3.29. The number of amidine groups is 1. The normalized spacial score (nSPS) is 16.3. The third kappa shape index (κ3) is 40.2. The molecule has 0 bridgehead atoms. The van der Waals surface area contributed by atoms with E-state index in [2.05, 4.69) is 102 Å². The van der Waals surface area contributed by atoms with E-state index in [1.807, 2.05) is 90.1 Å². The Hall–Kier alpha value is 1.60. The van der Waals surface area contributed by atoms with Gasteiger partial charge in [-0.2, -0.15) is 23.1 Å². The van der Waals surface area contributed by atoms with Gasteiger partial charge in [0.15, 0.2) is 7.05 Å². The first kappa shape index (κ1) is 92.0. The van der Waals surface area contributed by atoms with E-state index in [-0.39, 0.29) is 142 Å². The van der Waals surface area contributed by atoms with Crippen molar-refractivity contribution in [3.63, 3.8) is 0 Å². The number of hydrogen-bond acceptors (Lipinski definition) is 3. The van der Waals surface area contributed by atoms with Gasteiger partial charge in [-0.05, 0) is 38.9 Å². The van der Waals surface area contributed by atoms with E-state index in [9.17, 15) is 0 Å². The summed E-state index contributed by atoms with van der Waals surface area (Å²) in [6, 6.07) is 3.00. The Morgan fingerprint density at radius 3 is 0.936 bits per heavy atom. The molecule has 0 saturated carbocycles. The molecule has 5 nitrogen and oxygen atoms in total. The number of hydrazone groups is 1. The SMILES string of the molecule is C.C.CC.CC.CC.CC.CC.CC.CC1=C(C)[C-](C)C(C)N1.CC1=[N+](C)NC(C)[C-]1C.CC1=[N+](C)[C-](C)C(C)N1.[2H+].[2H+].[2H+].[B].[B].[B].[Y].[Y].[Y]. The second-order valence-corrected chi connectivity index (χ2v) is 8.13. The molecular formula is C36H89B3N5Y3+2. The van der Waals surface area contributed by atoms with E-state index in [1.165, 1.54) is 40.7 Å². The maximum atomic E-state index is 3.36. The molecule has 3 aliphatic heterocycles.